The Labute approximate surface area is 122 Å². The molecule has 96 valence electrons. The Balaban J connectivity index is 2.20. The van der Waals surface area contributed by atoms with Gasteiger partial charge in [0.05, 0.1) is 15.7 Å². The van der Waals surface area contributed by atoms with Gasteiger partial charge in [0.15, 0.2) is 0 Å². The summed E-state index contributed by atoms with van der Waals surface area (Å²) >= 11 is 15.4. The molecule has 2 rings (SSSR count). The second-order valence-corrected chi connectivity index (χ2v) is 5.00. The molecule has 8 heteroatoms. The lowest BCUT2D eigenvalue weighted by molar-refractivity contribution is 0.510. The Kier molecular flexibility index (Phi) is 4.45. The Hall–Kier alpha value is -0.820. The summed E-state index contributed by atoms with van der Waals surface area (Å²) in [5, 5.41) is 11.4. The highest BCUT2D eigenvalue weighted by atomic mass is 79.9. The Morgan fingerprint density at radius 2 is 2.06 bits per heavy atom. The molecule has 0 bridgehead atoms. The zero-order valence-electron chi connectivity index (χ0n) is 9.08. The van der Waals surface area contributed by atoms with Crippen molar-refractivity contribution in [3.05, 3.63) is 32.5 Å². The van der Waals surface area contributed by atoms with Gasteiger partial charge in [-0.15, -0.1) is 5.10 Å². The largest absolute Gasteiger partial charge is 0.408 e. The summed E-state index contributed by atoms with van der Waals surface area (Å²) in [6.07, 6.45) is 0.531. The van der Waals surface area contributed by atoms with Crippen LogP contribution in [0.3, 0.4) is 0 Å². The van der Waals surface area contributed by atoms with E-state index < -0.39 is 0 Å². The number of nitrogens with two attached hydrogens (primary N) is 1. The molecule has 0 atom stereocenters. The number of aromatic nitrogens is 2. The lowest BCUT2D eigenvalue weighted by Crippen LogP contribution is -2.02. The SMILES string of the molecule is NCCc1nnc(Nc2ccc(Br)c(Cl)c2Cl)o1. The van der Waals surface area contributed by atoms with Crippen molar-refractivity contribution in [1.29, 1.82) is 0 Å². The number of nitrogens with zero attached hydrogens (tertiary/aromatic N) is 2. The summed E-state index contributed by atoms with van der Waals surface area (Å²) in [5.41, 5.74) is 5.98. The maximum Gasteiger partial charge on any atom is 0.320 e. The van der Waals surface area contributed by atoms with Crippen LogP contribution in [0.15, 0.2) is 21.0 Å². The maximum atomic E-state index is 6.08. The molecule has 0 saturated carbocycles. The molecule has 18 heavy (non-hydrogen) atoms. The molecule has 0 aliphatic carbocycles. The molecule has 0 spiro atoms. The van der Waals surface area contributed by atoms with Gasteiger partial charge in [0, 0.05) is 17.4 Å². The van der Waals surface area contributed by atoms with E-state index in [0.717, 1.165) is 0 Å². The summed E-state index contributed by atoms with van der Waals surface area (Å²) in [4.78, 5) is 0. The van der Waals surface area contributed by atoms with Crippen LogP contribution in [-0.2, 0) is 6.42 Å². The predicted molar refractivity (Wildman–Crippen MR) is 74.5 cm³/mol. The van der Waals surface area contributed by atoms with Crippen LogP contribution in [0.5, 0.6) is 0 Å². The van der Waals surface area contributed by atoms with Gasteiger partial charge in [0.1, 0.15) is 0 Å². The van der Waals surface area contributed by atoms with Crippen molar-refractivity contribution in [2.24, 2.45) is 5.73 Å². The van der Waals surface area contributed by atoms with E-state index in [-0.39, 0.29) is 6.01 Å². The van der Waals surface area contributed by atoms with Crippen molar-refractivity contribution in [2.75, 3.05) is 11.9 Å². The predicted octanol–water partition coefficient (Wildman–Crippen LogP) is 3.38. The molecule has 1 heterocycles. The highest BCUT2D eigenvalue weighted by Crippen LogP contribution is 2.36. The van der Waals surface area contributed by atoms with Gasteiger partial charge in [-0.05, 0) is 28.1 Å². The first-order valence-electron chi connectivity index (χ1n) is 5.04. The van der Waals surface area contributed by atoms with Crippen LogP contribution < -0.4 is 11.1 Å². The quantitative estimate of drug-likeness (QED) is 0.825. The van der Waals surface area contributed by atoms with Crippen molar-refractivity contribution >= 4 is 50.8 Å². The summed E-state index contributed by atoms with van der Waals surface area (Å²) < 4.78 is 6.04. The zero-order chi connectivity index (χ0) is 13.1. The summed E-state index contributed by atoms with van der Waals surface area (Å²) in [7, 11) is 0. The van der Waals surface area contributed by atoms with Crippen LogP contribution in [0.25, 0.3) is 0 Å². The molecule has 1 aromatic heterocycles. The molecule has 2 aromatic rings. The normalized spacial score (nSPS) is 10.7. The van der Waals surface area contributed by atoms with E-state index in [4.69, 9.17) is 33.4 Å². The maximum absolute atomic E-state index is 6.08. The smallest absolute Gasteiger partial charge is 0.320 e. The fourth-order valence-electron chi connectivity index (χ4n) is 1.27. The third-order valence-corrected chi connectivity index (χ3v) is 3.87. The molecular formula is C10H9BrCl2N4O. The topological polar surface area (TPSA) is 77.0 Å². The van der Waals surface area contributed by atoms with Gasteiger partial charge in [-0.1, -0.05) is 28.3 Å². The van der Waals surface area contributed by atoms with Gasteiger partial charge in [-0.2, -0.15) is 0 Å². The van der Waals surface area contributed by atoms with Crippen LogP contribution in [0, 0.1) is 0 Å². The zero-order valence-corrected chi connectivity index (χ0v) is 12.2. The van der Waals surface area contributed by atoms with Gasteiger partial charge >= 0.3 is 6.01 Å². The number of halogens is 3. The van der Waals surface area contributed by atoms with Gasteiger partial charge in [0.25, 0.3) is 0 Å². The Bertz CT molecular complexity index is 561. The first kappa shape index (κ1) is 13.6. The van der Waals surface area contributed by atoms with E-state index in [0.29, 0.717) is 39.1 Å². The molecule has 0 aliphatic heterocycles. The third-order valence-electron chi connectivity index (χ3n) is 2.10. The minimum Gasteiger partial charge on any atom is -0.408 e. The van der Waals surface area contributed by atoms with E-state index in [1.165, 1.54) is 0 Å². The molecule has 0 amide bonds. The van der Waals surface area contributed by atoms with Crippen LogP contribution in [-0.4, -0.2) is 16.7 Å². The van der Waals surface area contributed by atoms with E-state index in [1.54, 1.807) is 12.1 Å². The summed E-state index contributed by atoms with van der Waals surface area (Å²) in [6.45, 7) is 0.451. The first-order chi connectivity index (χ1) is 8.61. The number of hydrogen-bond acceptors (Lipinski definition) is 5. The molecule has 0 fully saturated rings. The standard InChI is InChI=1S/C10H9BrCl2N4O/c11-5-1-2-6(9(13)8(5)12)15-10-17-16-7(18-10)3-4-14/h1-2H,3-4,14H2,(H,15,17). The first-order valence-corrected chi connectivity index (χ1v) is 6.59. The van der Waals surface area contributed by atoms with Crippen molar-refractivity contribution in [3.8, 4) is 0 Å². The van der Waals surface area contributed by atoms with Crippen molar-refractivity contribution < 1.29 is 4.42 Å². The molecule has 1 aromatic carbocycles. The third kappa shape index (κ3) is 2.95. The lowest BCUT2D eigenvalue weighted by atomic mass is 10.3. The Morgan fingerprint density at radius 1 is 1.28 bits per heavy atom. The number of rotatable bonds is 4. The molecule has 0 saturated heterocycles. The van der Waals surface area contributed by atoms with Gasteiger partial charge in [-0.25, -0.2) is 0 Å². The van der Waals surface area contributed by atoms with Crippen molar-refractivity contribution in [2.45, 2.75) is 6.42 Å². The lowest BCUT2D eigenvalue weighted by Gasteiger charge is -2.06. The summed E-state index contributed by atoms with van der Waals surface area (Å²) in [5.74, 6) is 0.472. The van der Waals surface area contributed by atoms with E-state index in [9.17, 15) is 0 Å². The minimum absolute atomic E-state index is 0.249. The number of anilines is 2. The number of nitrogens with one attached hydrogen (secondary N) is 1. The van der Waals surface area contributed by atoms with Crippen LogP contribution >= 0.6 is 39.1 Å². The monoisotopic (exact) mass is 350 g/mol. The average molecular weight is 352 g/mol. The van der Waals surface area contributed by atoms with Crippen LogP contribution in [0.1, 0.15) is 5.89 Å². The van der Waals surface area contributed by atoms with Gasteiger partial charge in [0.2, 0.25) is 5.89 Å². The van der Waals surface area contributed by atoms with E-state index >= 15 is 0 Å². The second kappa shape index (κ2) is 5.88. The highest BCUT2D eigenvalue weighted by Gasteiger charge is 2.11. The number of benzene rings is 1. The fourth-order valence-corrected chi connectivity index (χ4v) is 2.09. The molecule has 3 N–H and O–H groups in total. The van der Waals surface area contributed by atoms with Crippen LogP contribution in [0.4, 0.5) is 11.7 Å². The van der Waals surface area contributed by atoms with Crippen molar-refractivity contribution in [3.63, 3.8) is 0 Å². The minimum atomic E-state index is 0.249. The van der Waals surface area contributed by atoms with Gasteiger partial charge in [-0.3, -0.25) is 0 Å². The molecule has 5 nitrogen and oxygen atoms in total. The number of hydrogen-bond donors (Lipinski definition) is 2. The molecule has 0 radical (unpaired) electrons. The highest BCUT2D eigenvalue weighted by molar-refractivity contribution is 9.10. The second-order valence-electron chi connectivity index (χ2n) is 3.39. The Morgan fingerprint density at radius 3 is 2.78 bits per heavy atom. The van der Waals surface area contributed by atoms with E-state index in [2.05, 4.69) is 31.4 Å². The molecule has 0 aliphatic rings. The fraction of sp³-hybridized carbons (Fsp3) is 0.200. The average Bonchev–Trinajstić information content (AvgIpc) is 2.78. The van der Waals surface area contributed by atoms with Crippen LogP contribution in [0.2, 0.25) is 10.0 Å². The van der Waals surface area contributed by atoms with Crippen molar-refractivity contribution in [1.82, 2.24) is 10.2 Å². The summed E-state index contributed by atoms with van der Waals surface area (Å²) in [6, 6.07) is 3.78. The van der Waals surface area contributed by atoms with E-state index in [1.807, 2.05) is 0 Å². The van der Waals surface area contributed by atoms with Gasteiger partial charge < -0.3 is 15.5 Å². The molecular weight excluding hydrogens is 343 g/mol. The molecule has 0 unspecified atom stereocenters.